The third-order valence-corrected chi connectivity index (χ3v) is 13.1. The predicted octanol–water partition coefficient (Wildman–Crippen LogP) is 13.2. The standard InChI is InChI=1S/C58H75FO9S/c1-11-13-14-17-42-20-22-44(23-21-42)45-24-26-49(52(59)33-45)51-32-46(18-15-28-64-54(60)38(3)4)50(31-43(51)12-2)47-25-27-53(48(30-47)19-16-29-69)65-34-58(35-66-55(61)39(5)6,36-67-56(62)40(7)8)37-68-57(63)41(9)10/h24-27,30-33,42,44,69H,3,5,7,9,11-23,28-29,34-37H2,1-2,4,6,8,10H3. The summed E-state index contributed by atoms with van der Waals surface area (Å²) in [7, 11) is 0. The van der Waals surface area contributed by atoms with Crippen LogP contribution >= 0.6 is 12.6 Å². The average Bonchev–Trinajstić information content (AvgIpc) is 3.33. The van der Waals surface area contributed by atoms with Gasteiger partial charge in [-0.05, 0) is 160 Å². The highest BCUT2D eigenvalue weighted by atomic mass is 32.1. The van der Waals surface area contributed by atoms with E-state index >= 15 is 4.39 Å². The molecule has 0 saturated heterocycles. The lowest BCUT2D eigenvalue weighted by Gasteiger charge is -2.32. The summed E-state index contributed by atoms with van der Waals surface area (Å²) in [6.45, 7) is 24.2. The highest BCUT2D eigenvalue weighted by molar-refractivity contribution is 7.80. The van der Waals surface area contributed by atoms with Gasteiger partial charge in [-0.3, -0.25) is 0 Å². The second-order valence-corrected chi connectivity index (χ2v) is 19.4. The molecule has 1 aliphatic carbocycles. The number of hydrogen-bond acceptors (Lipinski definition) is 10. The third-order valence-electron chi connectivity index (χ3n) is 12.8. The maximum Gasteiger partial charge on any atom is 0.333 e. The van der Waals surface area contributed by atoms with Crippen LogP contribution in [0, 0.1) is 17.2 Å². The molecule has 0 unspecified atom stereocenters. The molecule has 9 nitrogen and oxygen atoms in total. The molecule has 4 rings (SSSR count). The van der Waals surface area contributed by atoms with E-state index in [0.29, 0.717) is 60.7 Å². The highest BCUT2D eigenvalue weighted by Crippen LogP contribution is 2.41. The lowest BCUT2D eigenvalue weighted by Crippen LogP contribution is -2.44. The van der Waals surface area contributed by atoms with Crippen molar-refractivity contribution in [3.63, 3.8) is 0 Å². The minimum absolute atomic E-state index is 0.155. The van der Waals surface area contributed by atoms with Crippen LogP contribution in [0.5, 0.6) is 5.75 Å². The van der Waals surface area contributed by atoms with E-state index in [1.54, 1.807) is 13.0 Å². The Morgan fingerprint density at radius 2 is 1.19 bits per heavy atom. The van der Waals surface area contributed by atoms with Crippen molar-refractivity contribution in [2.75, 3.05) is 38.8 Å². The van der Waals surface area contributed by atoms with Crippen LogP contribution in [-0.2, 0) is 57.4 Å². The molecule has 11 heteroatoms. The molecule has 3 aromatic carbocycles. The number of rotatable bonds is 28. The van der Waals surface area contributed by atoms with Gasteiger partial charge in [0.05, 0.1) is 6.61 Å². The minimum Gasteiger partial charge on any atom is -0.492 e. The monoisotopic (exact) mass is 967 g/mol. The van der Waals surface area contributed by atoms with E-state index in [1.807, 2.05) is 18.2 Å². The van der Waals surface area contributed by atoms with E-state index in [0.717, 1.165) is 57.7 Å². The van der Waals surface area contributed by atoms with E-state index in [-0.39, 0.29) is 55.6 Å². The molecule has 1 fully saturated rings. The third kappa shape index (κ3) is 16.9. The molecule has 0 atom stereocenters. The molecule has 0 N–H and O–H groups in total. The maximum atomic E-state index is 16.5. The minimum atomic E-state index is -1.35. The first kappa shape index (κ1) is 56.2. The topological polar surface area (TPSA) is 114 Å². The van der Waals surface area contributed by atoms with Crippen LogP contribution in [0.3, 0.4) is 0 Å². The van der Waals surface area contributed by atoms with Crippen molar-refractivity contribution in [2.24, 2.45) is 11.3 Å². The first-order chi connectivity index (χ1) is 32.9. The van der Waals surface area contributed by atoms with Gasteiger partial charge in [0, 0.05) is 27.9 Å². The smallest absolute Gasteiger partial charge is 0.333 e. The van der Waals surface area contributed by atoms with E-state index in [4.69, 9.17) is 23.7 Å². The van der Waals surface area contributed by atoms with Crippen LogP contribution in [0.4, 0.5) is 4.39 Å². The summed E-state index contributed by atoms with van der Waals surface area (Å²) in [5, 5.41) is 0. The molecule has 0 aliphatic heterocycles. The van der Waals surface area contributed by atoms with Gasteiger partial charge in [0.1, 0.15) is 43.4 Å². The number of halogens is 1. The van der Waals surface area contributed by atoms with Crippen molar-refractivity contribution in [1.82, 2.24) is 0 Å². The molecule has 374 valence electrons. The Balaban J connectivity index is 1.75. The van der Waals surface area contributed by atoms with Crippen molar-refractivity contribution in [3.05, 3.63) is 125 Å². The van der Waals surface area contributed by atoms with Gasteiger partial charge in [-0.1, -0.05) is 96.2 Å². The van der Waals surface area contributed by atoms with Crippen molar-refractivity contribution >= 4 is 36.5 Å². The van der Waals surface area contributed by atoms with Crippen LogP contribution in [0.2, 0.25) is 0 Å². The SMILES string of the molecule is C=C(C)C(=O)OCCCc1cc(-c2ccc(C3CCC(CCCCC)CC3)cc2F)c(CC)cc1-c1ccc(OCC(COC(=O)C(=C)C)(COC(=O)C(=C)C)COC(=O)C(=C)C)c(CCCS)c1. The molecule has 69 heavy (non-hydrogen) atoms. The first-order valence-electron chi connectivity index (χ1n) is 24.5. The largest absolute Gasteiger partial charge is 0.492 e. The lowest BCUT2D eigenvalue weighted by molar-refractivity contribution is -0.159. The van der Waals surface area contributed by atoms with Crippen LogP contribution in [0.15, 0.2) is 97.1 Å². The zero-order valence-corrected chi connectivity index (χ0v) is 42.9. The van der Waals surface area contributed by atoms with Crippen molar-refractivity contribution < 1.29 is 47.3 Å². The molecule has 0 amide bonds. The number of carbonyl (C=O) groups is 4. The maximum absolute atomic E-state index is 16.5. The Morgan fingerprint density at radius 3 is 1.72 bits per heavy atom. The fourth-order valence-electron chi connectivity index (χ4n) is 8.59. The van der Waals surface area contributed by atoms with Crippen molar-refractivity contribution in [1.29, 1.82) is 0 Å². The summed E-state index contributed by atoms with van der Waals surface area (Å²) in [5.74, 6) is -0.464. The number of benzene rings is 3. The molecule has 0 heterocycles. The van der Waals surface area contributed by atoms with E-state index in [1.165, 1.54) is 59.3 Å². The number of aryl methyl sites for hydroxylation is 3. The van der Waals surface area contributed by atoms with Crippen LogP contribution in [-0.4, -0.2) is 62.7 Å². The summed E-state index contributed by atoms with van der Waals surface area (Å²) in [5.41, 5.74) is 6.56. The quantitative estimate of drug-likeness (QED) is 0.0250. The fraction of sp³-hybridized carbons (Fsp3) is 0.483. The second kappa shape index (κ2) is 27.7. The normalized spacial score (nSPS) is 14.6. The Hall–Kier alpha value is -5.42. The van der Waals surface area contributed by atoms with Gasteiger partial charge >= 0.3 is 23.9 Å². The second-order valence-electron chi connectivity index (χ2n) is 19.0. The molecule has 0 bridgehead atoms. The molecule has 3 aromatic rings. The summed E-state index contributed by atoms with van der Waals surface area (Å²) < 4.78 is 45.4. The zero-order valence-electron chi connectivity index (χ0n) is 42.0. The van der Waals surface area contributed by atoms with Gasteiger partial charge in [0.25, 0.3) is 0 Å². The summed E-state index contributed by atoms with van der Waals surface area (Å²) in [4.78, 5) is 50.4. The van der Waals surface area contributed by atoms with Crippen LogP contribution < -0.4 is 4.74 Å². The number of thiol groups is 1. The Kier molecular flexibility index (Phi) is 22.5. The number of hydrogen-bond donors (Lipinski definition) is 1. The summed E-state index contributed by atoms with van der Waals surface area (Å²) >= 11 is 4.51. The Labute approximate surface area is 416 Å². The molecular weight excluding hydrogens is 892 g/mol. The van der Waals surface area contributed by atoms with Crippen molar-refractivity contribution in [3.8, 4) is 28.0 Å². The first-order valence-corrected chi connectivity index (χ1v) is 25.2. The number of ether oxygens (including phenoxy) is 5. The number of unbranched alkanes of at least 4 members (excludes halogenated alkanes) is 2. The Morgan fingerprint density at radius 1 is 0.623 bits per heavy atom. The van der Waals surface area contributed by atoms with Gasteiger partial charge < -0.3 is 23.7 Å². The molecule has 1 saturated carbocycles. The van der Waals surface area contributed by atoms with Gasteiger partial charge in [0.2, 0.25) is 0 Å². The van der Waals surface area contributed by atoms with Crippen LogP contribution in [0.25, 0.3) is 22.3 Å². The van der Waals surface area contributed by atoms with Gasteiger partial charge in [-0.15, -0.1) is 0 Å². The van der Waals surface area contributed by atoms with Crippen molar-refractivity contribution in [2.45, 2.75) is 131 Å². The summed E-state index contributed by atoms with van der Waals surface area (Å²) in [6.07, 6.45) is 12.7. The molecule has 0 aromatic heterocycles. The predicted molar refractivity (Wildman–Crippen MR) is 277 cm³/mol. The molecule has 0 spiro atoms. The molecular formula is C58H75FO9S. The Bertz CT molecular complexity index is 2250. The number of carbonyl (C=O) groups excluding carboxylic acids is 4. The molecule has 1 aliphatic rings. The van der Waals surface area contributed by atoms with Crippen LogP contribution in [0.1, 0.15) is 134 Å². The lowest BCUT2D eigenvalue weighted by atomic mass is 9.76. The molecule has 0 radical (unpaired) electrons. The van der Waals surface area contributed by atoms with E-state index < -0.39 is 29.3 Å². The fourth-order valence-corrected chi connectivity index (χ4v) is 8.75. The van der Waals surface area contributed by atoms with Gasteiger partial charge in [0.15, 0.2) is 0 Å². The van der Waals surface area contributed by atoms with Gasteiger partial charge in [-0.25, -0.2) is 23.6 Å². The van der Waals surface area contributed by atoms with Gasteiger partial charge in [-0.2, -0.15) is 12.6 Å². The average molecular weight is 967 g/mol. The number of esters is 4. The van der Waals surface area contributed by atoms with E-state index in [2.05, 4.69) is 77.1 Å². The van der Waals surface area contributed by atoms with E-state index in [9.17, 15) is 19.2 Å². The highest BCUT2D eigenvalue weighted by Gasteiger charge is 2.38. The summed E-state index contributed by atoms with van der Waals surface area (Å²) in [6, 6.07) is 15.9. The zero-order chi connectivity index (χ0) is 50.7.